The van der Waals surface area contributed by atoms with E-state index in [1.165, 1.54) is 43.2 Å². The highest BCUT2D eigenvalue weighted by atomic mass is 16.5. The maximum Gasteiger partial charge on any atom is 0.124 e. The molecule has 1 aromatic carbocycles. The summed E-state index contributed by atoms with van der Waals surface area (Å²) >= 11 is 0. The Kier molecular flexibility index (Phi) is 8.36. The third-order valence-corrected chi connectivity index (χ3v) is 3.64. The Morgan fingerprint density at radius 2 is 1.90 bits per heavy atom. The summed E-state index contributed by atoms with van der Waals surface area (Å²) in [7, 11) is 0. The maximum absolute atomic E-state index is 5.81. The molecule has 0 saturated carbocycles. The minimum Gasteiger partial charge on any atom is -0.494 e. The fraction of sp³-hybridized carbons (Fsp3) is 0.667. The molecule has 2 nitrogen and oxygen atoms in total. The molecule has 0 amide bonds. The average Bonchev–Trinajstić information content (AvgIpc) is 2.44. The highest BCUT2D eigenvalue weighted by molar-refractivity contribution is 5.39. The molecule has 0 aromatic heterocycles. The van der Waals surface area contributed by atoms with Crippen molar-refractivity contribution >= 4 is 0 Å². The predicted octanol–water partition coefficient (Wildman–Crippen LogP) is 5.01. The van der Waals surface area contributed by atoms with Crippen molar-refractivity contribution in [1.82, 2.24) is 5.32 Å². The monoisotopic (exact) mass is 277 g/mol. The molecule has 20 heavy (non-hydrogen) atoms. The zero-order valence-corrected chi connectivity index (χ0v) is 13.7. The van der Waals surface area contributed by atoms with Gasteiger partial charge in [-0.3, -0.25) is 0 Å². The lowest BCUT2D eigenvalue weighted by atomic mass is 9.97. The van der Waals surface area contributed by atoms with Gasteiger partial charge >= 0.3 is 0 Å². The van der Waals surface area contributed by atoms with Crippen LogP contribution in [0.15, 0.2) is 18.2 Å². The zero-order chi connectivity index (χ0) is 14.8. The summed E-state index contributed by atoms with van der Waals surface area (Å²) in [6.45, 7) is 10.4. The van der Waals surface area contributed by atoms with Gasteiger partial charge in [0.2, 0.25) is 0 Å². The lowest BCUT2D eigenvalue weighted by Gasteiger charge is -2.22. The Morgan fingerprint density at radius 1 is 1.10 bits per heavy atom. The lowest BCUT2D eigenvalue weighted by Crippen LogP contribution is -2.21. The fourth-order valence-corrected chi connectivity index (χ4v) is 2.62. The van der Waals surface area contributed by atoms with Crippen LogP contribution in [0.4, 0.5) is 0 Å². The summed E-state index contributed by atoms with van der Waals surface area (Å²) < 4.78 is 5.81. The topological polar surface area (TPSA) is 21.3 Å². The minimum absolute atomic E-state index is 0.415. The molecule has 0 aliphatic carbocycles. The maximum atomic E-state index is 5.81. The van der Waals surface area contributed by atoms with Crippen LogP contribution >= 0.6 is 0 Å². The molecular weight excluding hydrogens is 246 g/mol. The Balaban J connectivity index is 2.80. The van der Waals surface area contributed by atoms with E-state index >= 15 is 0 Å². The van der Waals surface area contributed by atoms with Crippen molar-refractivity contribution in [3.05, 3.63) is 29.3 Å². The Labute approximate surface area is 124 Å². The lowest BCUT2D eigenvalue weighted by molar-refractivity contribution is 0.329. The molecule has 1 unspecified atom stereocenters. The molecule has 2 heteroatoms. The van der Waals surface area contributed by atoms with Gasteiger partial charge in [0.05, 0.1) is 6.61 Å². The summed E-state index contributed by atoms with van der Waals surface area (Å²) in [5, 5.41) is 3.62. The first-order valence-corrected chi connectivity index (χ1v) is 8.19. The van der Waals surface area contributed by atoms with E-state index in [0.29, 0.717) is 6.04 Å². The quantitative estimate of drug-likeness (QED) is 0.607. The van der Waals surface area contributed by atoms with Gasteiger partial charge in [-0.15, -0.1) is 0 Å². The van der Waals surface area contributed by atoms with Crippen LogP contribution in [0.25, 0.3) is 0 Å². The molecule has 0 heterocycles. The smallest absolute Gasteiger partial charge is 0.124 e. The first-order chi connectivity index (χ1) is 9.72. The Morgan fingerprint density at radius 3 is 2.55 bits per heavy atom. The number of ether oxygens (including phenoxy) is 1. The SMILES string of the molecule is CCCCCCC(NCC)c1cc(C)ccc1OCC. The second kappa shape index (κ2) is 9.82. The number of rotatable bonds is 10. The number of unbranched alkanes of at least 4 members (excludes halogenated alkanes) is 3. The molecule has 0 saturated heterocycles. The molecular formula is C18H31NO. The first-order valence-electron chi connectivity index (χ1n) is 8.19. The Bertz CT molecular complexity index is 376. The molecule has 1 aromatic rings. The van der Waals surface area contributed by atoms with E-state index in [4.69, 9.17) is 4.74 Å². The molecule has 0 bridgehead atoms. The average molecular weight is 277 g/mol. The van der Waals surface area contributed by atoms with Crippen LogP contribution in [0.5, 0.6) is 5.75 Å². The van der Waals surface area contributed by atoms with Crippen LogP contribution in [0.1, 0.15) is 70.0 Å². The van der Waals surface area contributed by atoms with E-state index in [1.807, 2.05) is 6.92 Å². The van der Waals surface area contributed by atoms with Crippen LogP contribution in [0.3, 0.4) is 0 Å². The van der Waals surface area contributed by atoms with Gasteiger partial charge in [-0.1, -0.05) is 57.2 Å². The first kappa shape index (κ1) is 17.0. The molecule has 114 valence electrons. The van der Waals surface area contributed by atoms with Gasteiger partial charge in [0.25, 0.3) is 0 Å². The number of hydrogen-bond acceptors (Lipinski definition) is 2. The van der Waals surface area contributed by atoms with Gasteiger partial charge < -0.3 is 10.1 Å². The van der Waals surface area contributed by atoms with E-state index in [1.54, 1.807) is 0 Å². The molecule has 0 aliphatic rings. The molecule has 0 fully saturated rings. The fourth-order valence-electron chi connectivity index (χ4n) is 2.62. The second-order valence-electron chi connectivity index (χ2n) is 5.43. The van der Waals surface area contributed by atoms with Gasteiger partial charge in [0, 0.05) is 11.6 Å². The van der Waals surface area contributed by atoms with Crippen molar-refractivity contribution in [3.63, 3.8) is 0 Å². The van der Waals surface area contributed by atoms with Crippen molar-refractivity contribution in [3.8, 4) is 5.75 Å². The predicted molar refractivity (Wildman–Crippen MR) is 87.5 cm³/mol. The number of aryl methyl sites for hydroxylation is 1. The number of nitrogens with one attached hydrogen (secondary N) is 1. The van der Waals surface area contributed by atoms with Gasteiger partial charge in [-0.25, -0.2) is 0 Å². The van der Waals surface area contributed by atoms with Gasteiger partial charge in [-0.05, 0) is 32.9 Å². The van der Waals surface area contributed by atoms with Crippen LogP contribution in [-0.2, 0) is 0 Å². The molecule has 0 radical (unpaired) electrons. The molecule has 0 aliphatic heterocycles. The van der Waals surface area contributed by atoms with Crippen molar-refractivity contribution in [2.75, 3.05) is 13.2 Å². The van der Waals surface area contributed by atoms with E-state index in [9.17, 15) is 0 Å². The third kappa shape index (κ3) is 5.54. The van der Waals surface area contributed by atoms with Crippen molar-refractivity contribution in [2.45, 2.75) is 65.8 Å². The minimum atomic E-state index is 0.415. The number of benzene rings is 1. The van der Waals surface area contributed by atoms with Crippen molar-refractivity contribution < 1.29 is 4.74 Å². The molecule has 1 rings (SSSR count). The van der Waals surface area contributed by atoms with E-state index in [-0.39, 0.29) is 0 Å². The van der Waals surface area contributed by atoms with Crippen molar-refractivity contribution in [2.24, 2.45) is 0 Å². The van der Waals surface area contributed by atoms with E-state index < -0.39 is 0 Å². The van der Waals surface area contributed by atoms with Gasteiger partial charge in [0.1, 0.15) is 5.75 Å². The zero-order valence-electron chi connectivity index (χ0n) is 13.7. The molecule has 1 N–H and O–H groups in total. The summed E-state index contributed by atoms with van der Waals surface area (Å²) in [6, 6.07) is 6.94. The highest BCUT2D eigenvalue weighted by Crippen LogP contribution is 2.30. The van der Waals surface area contributed by atoms with Crippen LogP contribution in [0.2, 0.25) is 0 Å². The molecule has 0 spiro atoms. The van der Waals surface area contributed by atoms with E-state index in [0.717, 1.165) is 18.9 Å². The summed E-state index contributed by atoms with van der Waals surface area (Å²) in [5.41, 5.74) is 2.63. The normalized spacial score (nSPS) is 12.4. The van der Waals surface area contributed by atoms with Crippen molar-refractivity contribution in [1.29, 1.82) is 0 Å². The molecule has 1 atom stereocenters. The standard InChI is InChI=1S/C18H31NO/c1-5-8-9-10-11-17(19-6-2)16-14-15(4)12-13-18(16)20-7-3/h12-14,17,19H,5-11H2,1-4H3. The van der Waals surface area contributed by atoms with E-state index in [2.05, 4.69) is 44.3 Å². The highest BCUT2D eigenvalue weighted by Gasteiger charge is 2.15. The number of hydrogen-bond donors (Lipinski definition) is 1. The van der Waals surface area contributed by atoms with Crippen LogP contribution < -0.4 is 10.1 Å². The van der Waals surface area contributed by atoms with Crippen LogP contribution in [0, 0.1) is 6.92 Å². The Hall–Kier alpha value is -1.02. The summed E-state index contributed by atoms with van der Waals surface area (Å²) in [5.74, 6) is 1.04. The summed E-state index contributed by atoms with van der Waals surface area (Å²) in [4.78, 5) is 0. The second-order valence-corrected chi connectivity index (χ2v) is 5.43. The van der Waals surface area contributed by atoms with Crippen LogP contribution in [-0.4, -0.2) is 13.2 Å². The largest absolute Gasteiger partial charge is 0.494 e. The van der Waals surface area contributed by atoms with Gasteiger partial charge in [0.15, 0.2) is 0 Å². The summed E-state index contributed by atoms with van der Waals surface area (Å²) in [6.07, 6.45) is 6.43. The third-order valence-electron chi connectivity index (χ3n) is 3.64. The van der Waals surface area contributed by atoms with Gasteiger partial charge in [-0.2, -0.15) is 0 Å².